The van der Waals surface area contributed by atoms with Gasteiger partial charge in [-0.1, -0.05) is 30.3 Å². The van der Waals surface area contributed by atoms with Crippen LogP contribution in [0.4, 0.5) is 10.1 Å². The first kappa shape index (κ1) is 16.3. The highest BCUT2D eigenvalue weighted by molar-refractivity contribution is 7.89. The molecular weight excluding hydrogens is 335 g/mol. The van der Waals surface area contributed by atoms with Crippen LogP contribution < -0.4 is 10.0 Å². The fraction of sp³-hybridized carbons (Fsp3) is 0.125. The van der Waals surface area contributed by atoms with Crippen molar-refractivity contribution in [1.29, 1.82) is 0 Å². The van der Waals surface area contributed by atoms with E-state index in [1.807, 2.05) is 0 Å². The van der Waals surface area contributed by atoms with Gasteiger partial charge in [-0.15, -0.1) is 0 Å². The molecule has 0 radical (unpaired) electrons. The summed E-state index contributed by atoms with van der Waals surface area (Å²) in [5.74, 6) is -2.78. The van der Waals surface area contributed by atoms with Gasteiger partial charge in [-0.05, 0) is 23.8 Å². The normalized spacial score (nSPS) is 18.2. The SMILES string of the molecule is NS(=O)(=O)c1ccc(N2C(=O)CC(c3ccccc3)C2=O)c(F)c1. The maximum atomic E-state index is 14.2. The van der Waals surface area contributed by atoms with E-state index in [0.29, 0.717) is 11.6 Å². The molecule has 124 valence electrons. The maximum absolute atomic E-state index is 14.2. The van der Waals surface area contributed by atoms with Crippen LogP contribution in [0.25, 0.3) is 0 Å². The summed E-state index contributed by atoms with van der Waals surface area (Å²) in [6.07, 6.45) is -0.0702. The number of hydrogen-bond donors (Lipinski definition) is 1. The third-order valence-electron chi connectivity index (χ3n) is 3.84. The van der Waals surface area contributed by atoms with E-state index < -0.39 is 38.5 Å². The molecular formula is C16H13FN2O4S. The van der Waals surface area contributed by atoms with Crippen molar-refractivity contribution in [2.45, 2.75) is 17.2 Å². The number of nitrogens with two attached hydrogens (primary N) is 1. The summed E-state index contributed by atoms with van der Waals surface area (Å²) in [5.41, 5.74) is 0.385. The van der Waals surface area contributed by atoms with Crippen molar-refractivity contribution in [2.75, 3.05) is 4.90 Å². The molecule has 3 rings (SSSR count). The first-order valence-corrected chi connectivity index (χ1v) is 8.58. The molecule has 2 aromatic rings. The lowest BCUT2D eigenvalue weighted by molar-refractivity contribution is -0.121. The van der Waals surface area contributed by atoms with Gasteiger partial charge in [0, 0.05) is 6.42 Å². The minimum atomic E-state index is -4.07. The third-order valence-corrected chi connectivity index (χ3v) is 4.75. The van der Waals surface area contributed by atoms with Crippen molar-refractivity contribution < 1.29 is 22.4 Å². The Morgan fingerprint density at radius 2 is 1.75 bits per heavy atom. The monoisotopic (exact) mass is 348 g/mol. The van der Waals surface area contributed by atoms with Crippen LogP contribution in [0.15, 0.2) is 53.4 Å². The zero-order chi connectivity index (χ0) is 17.5. The second-order valence-corrected chi connectivity index (χ2v) is 6.95. The molecule has 1 atom stereocenters. The maximum Gasteiger partial charge on any atom is 0.241 e. The highest BCUT2D eigenvalue weighted by Gasteiger charge is 2.41. The Morgan fingerprint density at radius 3 is 2.33 bits per heavy atom. The molecule has 0 spiro atoms. The largest absolute Gasteiger partial charge is 0.274 e. The molecule has 2 aromatic carbocycles. The van der Waals surface area contributed by atoms with Crippen LogP contribution in [0, 0.1) is 5.82 Å². The Kier molecular flexibility index (Phi) is 3.94. The van der Waals surface area contributed by atoms with Crippen molar-refractivity contribution in [3.05, 3.63) is 59.9 Å². The zero-order valence-corrected chi connectivity index (χ0v) is 13.2. The number of amides is 2. The number of anilines is 1. The van der Waals surface area contributed by atoms with E-state index in [1.165, 1.54) is 0 Å². The van der Waals surface area contributed by atoms with Crippen molar-refractivity contribution in [3.8, 4) is 0 Å². The summed E-state index contributed by atoms with van der Waals surface area (Å²) >= 11 is 0. The number of imide groups is 1. The van der Waals surface area contributed by atoms with Crippen molar-refractivity contribution >= 4 is 27.5 Å². The van der Waals surface area contributed by atoms with E-state index in [0.717, 1.165) is 17.0 Å². The Labute approximate surface area is 137 Å². The molecule has 0 aromatic heterocycles. The quantitative estimate of drug-likeness (QED) is 0.850. The van der Waals surface area contributed by atoms with Crippen LogP contribution in [0.1, 0.15) is 17.9 Å². The van der Waals surface area contributed by atoms with Gasteiger partial charge in [0.05, 0.1) is 16.5 Å². The lowest BCUT2D eigenvalue weighted by Gasteiger charge is -2.16. The number of primary sulfonamides is 1. The summed E-state index contributed by atoms with van der Waals surface area (Å²) < 4.78 is 36.7. The molecule has 0 aliphatic carbocycles. The summed E-state index contributed by atoms with van der Waals surface area (Å²) in [6, 6.07) is 11.5. The van der Waals surface area contributed by atoms with Crippen LogP contribution >= 0.6 is 0 Å². The van der Waals surface area contributed by atoms with E-state index in [1.54, 1.807) is 30.3 Å². The van der Waals surface area contributed by atoms with Gasteiger partial charge in [0.15, 0.2) is 0 Å². The van der Waals surface area contributed by atoms with Crippen LogP contribution in [0.3, 0.4) is 0 Å². The number of nitrogens with zero attached hydrogens (tertiary/aromatic N) is 1. The van der Waals surface area contributed by atoms with E-state index in [4.69, 9.17) is 5.14 Å². The number of carbonyl (C=O) groups is 2. The van der Waals surface area contributed by atoms with Crippen molar-refractivity contribution in [1.82, 2.24) is 0 Å². The van der Waals surface area contributed by atoms with Crippen molar-refractivity contribution in [3.63, 3.8) is 0 Å². The fourth-order valence-electron chi connectivity index (χ4n) is 2.68. The van der Waals surface area contributed by atoms with Gasteiger partial charge in [-0.3, -0.25) is 9.59 Å². The van der Waals surface area contributed by atoms with E-state index in [-0.39, 0.29) is 12.1 Å². The van der Waals surface area contributed by atoms with E-state index in [2.05, 4.69) is 0 Å². The zero-order valence-electron chi connectivity index (χ0n) is 12.3. The smallest absolute Gasteiger partial charge is 0.241 e. The third kappa shape index (κ3) is 2.81. The number of hydrogen-bond acceptors (Lipinski definition) is 4. The number of sulfonamides is 1. The minimum absolute atomic E-state index is 0.0702. The molecule has 1 fully saturated rings. The molecule has 1 unspecified atom stereocenters. The van der Waals surface area contributed by atoms with Gasteiger partial charge in [-0.2, -0.15) is 0 Å². The standard InChI is InChI=1S/C16H13FN2O4S/c17-13-8-11(24(18,22)23)6-7-14(13)19-15(20)9-12(16(19)21)10-4-2-1-3-5-10/h1-8,12H,9H2,(H2,18,22,23). The summed E-state index contributed by atoms with van der Waals surface area (Å²) in [4.78, 5) is 25.1. The van der Waals surface area contributed by atoms with Crippen molar-refractivity contribution in [2.24, 2.45) is 5.14 Å². The molecule has 24 heavy (non-hydrogen) atoms. The predicted molar refractivity (Wildman–Crippen MR) is 84.1 cm³/mol. The first-order valence-electron chi connectivity index (χ1n) is 7.03. The molecule has 1 saturated heterocycles. The number of halogens is 1. The Hall–Kier alpha value is -2.58. The lowest BCUT2D eigenvalue weighted by atomic mass is 9.98. The van der Waals surface area contributed by atoms with E-state index >= 15 is 0 Å². The molecule has 2 N–H and O–H groups in total. The summed E-state index contributed by atoms with van der Waals surface area (Å²) in [7, 11) is -4.07. The molecule has 0 bridgehead atoms. The minimum Gasteiger partial charge on any atom is -0.274 e. The topological polar surface area (TPSA) is 97.5 Å². The number of carbonyl (C=O) groups excluding carboxylic acids is 2. The number of benzene rings is 2. The average Bonchev–Trinajstić information content (AvgIpc) is 2.82. The highest BCUT2D eigenvalue weighted by Crippen LogP contribution is 2.34. The van der Waals surface area contributed by atoms with Crippen LogP contribution in [-0.2, 0) is 19.6 Å². The molecule has 1 heterocycles. The molecule has 6 nitrogen and oxygen atoms in total. The average molecular weight is 348 g/mol. The van der Waals surface area contributed by atoms with Crippen LogP contribution in [0.5, 0.6) is 0 Å². The number of rotatable bonds is 3. The van der Waals surface area contributed by atoms with Gasteiger partial charge in [0.25, 0.3) is 0 Å². The molecule has 8 heteroatoms. The predicted octanol–water partition coefficient (Wildman–Crippen LogP) is 1.52. The molecule has 0 saturated carbocycles. The molecule has 1 aliphatic heterocycles. The summed E-state index contributed by atoms with van der Waals surface area (Å²) in [5, 5.41) is 4.94. The van der Waals surface area contributed by atoms with Gasteiger partial charge in [-0.25, -0.2) is 22.8 Å². The second kappa shape index (κ2) is 5.81. The van der Waals surface area contributed by atoms with Gasteiger partial charge < -0.3 is 0 Å². The lowest BCUT2D eigenvalue weighted by Crippen LogP contribution is -2.31. The highest BCUT2D eigenvalue weighted by atomic mass is 32.2. The van der Waals surface area contributed by atoms with Gasteiger partial charge >= 0.3 is 0 Å². The van der Waals surface area contributed by atoms with E-state index in [9.17, 15) is 22.4 Å². The van der Waals surface area contributed by atoms with Crippen LogP contribution in [0.2, 0.25) is 0 Å². The molecule has 1 aliphatic rings. The van der Waals surface area contributed by atoms with Crippen LogP contribution in [-0.4, -0.2) is 20.2 Å². The first-order chi connectivity index (χ1) is 11.3. The summed E-state index contributed by atoms with van der Waals surface area (Å²) in [6.45, 7) is 0. The molecule has 2 amide bonds. The second-order valence-electron chi connectivity index (χ2n) is 5.39. The Balaban J connectivity index is 1.98. The Bertz CT molecular complexity index is 928. The Morgan fingerprint density at radius 1 is 1.08 bits per heavy atom. The fourth-order valence-corrected chi connectivity index (χ4v) is 3.20. The van der Waals surface area contributed by atoms with Gasteiger partial charge in [0.1, 0.15) is 5.82 Å². The van der Waals surface area contributed by atoms with Gasteiger partial charge in [0.2, 0.25) is 21.8 Å².